The molecular formula is C6H12O3S2. The van der Waals surface area contributed by atoms with Crippen LogP contribution in [-0.2, 0) is 9.15 Å². The molecule has 5 heteroatoms. The first-order valence-electron chi connectivity index (χ1n) is 3.73. The van der Waals surface area contributed by atoms with Crippen LogP contribution in [0.25, 0.3) is 0 Å². The van der Waals surface area contributed by atoms with Gasteiger partial charge in [0.1, 0.15) is 0 Å². The van der Waals surface area contributed by atoms with Crippen LogP contribution >= 0.6 is 10.8 Å². The SMILES string of the molecule is O=S(=O)(O)SC1CCCCC1. The Kier molecular flexibility index (Phi) is 3.21. The van der Waals surface area contributed by atoms with Crippen LogP contribution < -0.4 is 0 Å². The molecule has 0 heterocycles. The molecule has 1 saturated carbocycles. The van der Waals surface area contributed by atoms with Crippen molar-refractivity contribution in [2.75, 3.05) is 0 Å². The Morgan fingerprint density at radius 2 is 1.73 bits per heavy atom. The van der Waals surface area contributed by atoms with Crippen LogP contribution in [0.2, 0.25) is 0 Å². The molecule has 1 fully saturated rings. The highest BCUT2D eigenvalue weighted by Crippen LogP contribution is 2.30. The van der Waals surface area contributed by atoms with Crippen LogP contribution in [0, 0.1) is 0 Å². The standard InChI is InChI=1S/C6H12O3S2/c7-11(8,9)10-6-4-2-1-3-5-6/h6H,1-5H2,(H,7,8,9). The predicted molar refractivity (Wildman–Crippen MR) is 46.0 cm³/mol. The maximum absolute atomic E-state index is 10.4. The molecule has 0 aromatic heterocycles. The lowest BCUT2D eigenvalue weighted by Gasteiger charge is -2.18. The second-order valence-electron chi connectivity index (χ2n) is 2.78. The molecule has 1 rings (SSSR count). The molecule has 0 aromatic carbocycles. The smallest absolute Gasteiger partial charge is 0.277 e. The third-order valence-corrected chi connectivity index (χ3v) is 4.34. The zero-order chi connectivity index (χ0) is 8.32. The fraction of sp³-hybridized carbons (Fsp3) is 1.00. The first-order valence-corrected chi connectivity index (χ1v) is 6.57. The number of hydrogen-bond donors (Lipinski definition) is 1. The topological polar surface area (TPSA) is 54.4 Å². The summed E-state index contributed by atoms with van der Waals surface area (Å²) < 4.78 is 29.3. The van der Waals surface area contributed by atoms with Crippen molar-refractivity contribution >= 4 is 19.9 Å². The van der Waals surface area contributed by atoms with Crippen molar-refractivity contribution in [3.63, 3.8) is 0 Å². The number of hydrogen-bond acceptors (Lipinski definition) is 3. The Balaban J connectivity index is 2.36. The summed E-state index contributed by atoms with van der Waals surface area (Å²) in [6, 6.07) is 0. The molecule has 0 bridgehead atoms. The molecule has 66 valence electrons. The van der Waals surface area contributed by atoms with Gasteiger partial charge in [0.15, 0.2) is 0 Å². The summed E-state index contributed by atoms with van der Waals surface area (Å²) in [5.74, 6) is 0. The summed E-state index contributed by atoms with van der Waals surface area (Å²) in [7, 11) is -3.10. The molecule has 3 nitrogen and oxygen atoms in total. The van der Waals surface area contributed by atoms with E-state index in [4.69, 9.17) is 4.55 Å². The van der Waals surface area contributed by atoms with Gasteiger partial charge < -0.3 is 0 Å². The van der Waals surface area contributed by atoms with Crippen LogP contribution in [0.4, 0.5) is 0 Å². The molecule has 11 heavy (non-hydrogen) atoms. The van der Waals surface area contributed by atoms with Crippen molar-refractivity contribution in [3.8, 4) is 0 Å². The van der Waals surface area contributed by atoms with Crippen molar-refractivity contribution in [2.45, 2.75) is 37.4 Å². The largest absolute Gasteiger partial charge is 0.319 e. The third kappa shape index (κ3) is 3.98. The molecule has 1 N–H and O–H groups in total. The van der Waals surface area contributed by atoms with E-state index in [0.29, 0.717) is 10.8 Å². The summed E-state index contributed by atoms with van der Waals surface area (Å²) in [6.45, 7) is 0. The van der Waals surface area contributed by atoms with Crippen LogP contribution in [-0.4, -0.2) is 18.2 Å². The van der Waals surface area contributed by atoms with Crippen LogP contribution in [0.3, 0.4) is 0 Å². The molecule has 0 atom stereocenters. The van der Waals surface area contributed by atoms with E-state index in [1.807, 2.05) is 0 Å². The highest BCUT2D eigenvalue weighted by atomic mass is 33.1. The quantitative estimate of drug-likeness (QED) is 0.541. The van der Waals surface area contributed by atoms with Gasteiger partial charge in [-0.15, -0.1) is 0 Å². The molecule has 0 radical (unpaired) electrons. The van der Waals surface area contributed by atoms with Gasteiger partial charge >= 0.3 is 9.15 Å². The lowest BCUT2D eigenvalue weighted by Crippen LogP contribution is -2.10. The Morgan fingerprint density at radius 1 is 1.18 bits per heavy atom. The van der Waals surface area contributed by atoms with Gasteiger partial charge in [-0.1, -0.05) is 19.3 Å². The van der Waals surface area contributed by atoms with E-state index in [2.05, 4.69) is 0 Å². The van der Waals surface area contributed by atoms with E-state index in [-0.39, 0.29) is 5.25 Å². The van der Waals surface area contributed by atoms with Gasteiger partial charge in [0, 0.05) is 5.25 Å². The van der Waals surface area contributed by atoms with Crippen LogP contribution in [0.5, 0.6) is 0 Å². The van der Waals surface area contributed by atoms with E-state index >= 15 is 0 Å². The normalized spacial score (nSPS) is 21.9. The Bertz CT molecular complexity index is 204. The fourth-order valence-corrected chi connectivity index (χ4v) is 3.81. The lowest BCUT2D eigenvalue weighted by atomic mass is 10.0. The van der Waals surface area contributed by atoms with E-state index in [1.54, 1.807) is 0 Å². The molecule has 0 unspecified atom stereocenters. The summed E-state index contributed by atoms with van der Waals surface area (Å²) >= 11 is 0. The van der Waals surface area contributed by atoms with E-state index in [0.717, 1.165) is 25.7 Å². The van der Waals surface area contributed by atoms with Crippen molar-refractivity contribution in [3.05, 3.63) is 0 Å². The summed E-state index contributed by atoms with van der Waals surface area (Å²) in [6.07, 6.45) is 5.22. The zero-order valence-corrected chi connectivity index (χ0v) is 7.83. The highest BCUT2D eigenvalue weighted by molar-refractivity contribution is 8.70. The van der Waals surface area contributed by atoms with Gasteiger partial charge in [-0.3, -0.25) is 4.55 Å². The van der Waals surface area contributed by atoms with E-state index < -0.39 is 9.15 Å². The minimum absolute atomic E-state index is 0.124. The van der Waals surface area contributed by atoms with E-state index in [9.17, 15) is 8.42 Å². The van der Waals surface area contributed by atoms with Gasteiger partial charge in [-0.25, -0.2) is 0 Å². The van der Waals surface area contributed by atoms with Crippen LogP contribution in [0.15, 0.2) is 0 Å². The van der Waals surface area contributed by atoms with Crippen LogP contribution in [0.1, 0.15) is 32.1 Å². The summed E-state index contributed by atoms with van der Waals surface area (Å²) in [5, 5.41) is 0.124. The molecule has 0 aromatic rings. The fourth-order valence-electron chi connectivity index (χ4n) is 1.33. The predicted octanol–water partition coefficient (Wildman–Crippen LogP) is 1.86. The van der Waals surface area contributed by atoms with Crippen molar-refractivity contribution < 1.29 is 13.0 Å². The molecule has 0 spiro atoms. The monoisotopic (exact) mass is 196 g/mol. The van der Waals surface area contributed by atoms with Crippen molar-refractivity contribution in [2.24, 2.45) is 0 Å². The summed E-state index contributed by atoms with van der Waals surface area (Å²) in [4.78, 5) is 0. The molecule has 1 aliphatic rings. The van der Waals surface area contributed by atoms with Gasteiger partial charge in [0.2, 0.25) is 0 Å². The summed E-state index contributed by atoms with van der Waals surface area (Å²) in [5.41, 5.74) is 0. The lowest BCUT2D eigenvalue weighted by molar-refractivity contribution is 0.497. The minimum Gasteiger partial charge on any atom is -0.277 e. The van der Waals surface area contributed by atoms with Gasteiger partial charge in [0.25, 0.3) is 0 Å². The molecular weight excluding hydrogens is 184 g/mol. The Morgan fingerprint density at radius 3 is 2.18 bits per heavy atom. The first kappa shape index (κ1) is 9.35. The second-order valence-corrected chi connectivity index (χ2v) is 6.34. The molecule has 0 amide bonds. The van der Waals surface area contributed by atoms with E-state index in [1.165, 1.54) is 6.42 Å². The van der Waals surface area contributed by atoms with Crippen molar-refractivity contribution in [1.29, 1.82) is 0 Å². The van der Waals surface area contributed by atoms with Gasteiger partial charge in [-0.05, 0) is 23.6 Å². The average molecular weight is 196 g/mol. The van der Waals surface area contributed by atoms with Gasteiger partial charge in [0.05, 0.1) is 0 Å². The first-order chi connectivity index (χ1) is 5.08. The zero-order valence-electron chi connectivity index (χ0n) is 6.19. The van der Waals surface area contributed by atoms with Gasteiger partial charge in [-0.2, -0.15) is 8.42 Å². The third-order valence-electron chi connectivity index (χ3n) is 1.81. The Labute approximate surface area is 70.7 Å². The Hall–Kier alpha value is 0.260. The molecule has 0 saturated heterocycles. The second kappa shape index (κ2) is 3.78. The maximum atomic E-state index is 10.4. The number of rotatable bonds is 2. The molecule has 0 aliphatic heterocycles. The van der Waals surface area contributed by atoms with Crippen molar-refractivity contribution in [1.82, 2.24) is 0 Å². The molecule has 1 aliphatic carbocycles. The highest BCUT2D eigenvalue weighted by Gasteiger charge is 2.19. The minimum atomic E-state index is -3.81. The average Bonchev–Trinajstić information content (AvgIpc) is 1.85. The maximum Gasteiger partial charge on any atom is 0.319 e.